The highest BCUT2D eigenvalue weighted by atomic mass is 79.9. The first-order chi connectivity index (χ1) is 5.83. The van der Waals surface area contributed by atoms with Crippen LogP contribution < -0.4 is 0 Å². The summed E-state index contributed by atoms with van der Waals surface area (Å²) in [6.45, 7) is 6.84. The van der Waals surface area contributed by atoms with Gasteiger partial charge in [-0.2, -0.15) is 0 Å². The van der Waals surface area contributed by atoms with Crippen LogP contribution in [0.25, 0.3) is 0 Å². The zero-order chi connectivity index (χ0) is 10.1. The Balaban J connectivity index is 2.72. The van der Waals surface area contributed by atoms with Gasteiger partial charge in [0.1, 0.15) is 8.07 Å². The van der Waals surface area contributed by atoms with Crippen molar-refractivity contribution in [2.75, 3.05) is 0 Å². The summed E-state index contributed by atoms with van der Waals surface area (Å²) in [6, 6.07) is 0. The first kappa shape index (κ1) is 11.6. The molecule has 1 fully saturated rings. The second-order valence-electron chi connectivity index (χ2n) is 4.59. The van der Waals surface area contributed by atoms with Crippen LogP contribution in [-0.2, 0) is 0 Å². The Bertz CT molecular complexity index is 280. The van der Waals surface area contributed by atoms with Gasteiger partial charge in [-0.1, -0.05) is 25.6 Å². The van der Waals surface area contributed by atoms with Gasteiger partial charge in [0, 0.05) is 0 Å². The normalized spacial score (nSPS) is 18.5. The molecule has 0 aromatic carbocycles. The molecule has 0 atom stereocenters. The molecule has 0 spiro atoms. The van der Waals surface area contributed by atoms with Crippen molar-refractivity contribution in [1.29, 1.82) is 0 Å². The van der Waals surface area contributed by atoms with E-state index in [1.807, 2.05) is 0 Å². The van der Waals surface area contributed by atoms with Crippen LogP contribution in [0.5, 0.6) is 0 Å². The second kappa shape index (κ2) is 3.92. The van der Waals surface area contributed by atoms with Gasteiger partial charge in [0.15, 0.2) is 0 Å². The summed E-state index contributed by atoms with van der Waals surface area (Å²) in [5.41, 5.74) is 3.63. The van der Waals surface area contributed by atoms with Gasteiger partial charge in [0.2, 0.25) is 0 Å². The van der Waals surface area contributed by atoms with Crippen molar-refractivity contribution in [2.45, 2.75) is 32.5 Å². The quantitative estimate of drug-likeness (QED) is 0.499. The second-order valence-corrected chi connectivity index (χ2v) is 12.1. The number of halogens is 2. The zero-order valence-corrected chi connectivity index (χ0v) is 12.4. The van der Waals surface area contributed by atoms with E-state index in [9.17, 15) is 0 Å². The lowest BCUT2D eigenvalue weighted by atomic mass is 10.1. The topological polar surface area (TPSA) is 0 Å². The molecule has 3 heteroatoms. The van der Waals surface area contributed by atoms with Crippen molar-refractivity contribution < 1.29 is 0 Å². The highest BCUT2D eigenvalue weighted by molar-refractivity contribution is 9.28. The maximum absolute atomic E-state index is 3.43. The molecule has 0 bridgehead atoms. The molecule has 0 heterocycles. The average molecular weight is 322 g/mol. The van der Waals surface area contributed by atoms with Gasteiger partial charge in [-0.25, -0.2) is 0 Å². The smallest absolute Gasteiger partial charge is 0.129 e. The van der Waals surface area contributed by atoms with Crippen molar-refractivity contribution >= 4 is 39.9 Å². The van der Waals surface area contributed by atoms with Gasteiger partial charge in [0.05, 0.1) is 8.81 Å². The summed E-state index contributed by atoms with van der Waals surface area (Å²) < 4.78 is 1.03. The van der Waals surface area contributed by atoms with Gasteiger partial charge in [0.25, 0.3) is 0 Å². The van der Waals surface area contributed by atoms with Crippen LogP contribution in [0.2, 0.25) is 19.6 Å². The molecule has 0 nitrogen and oxygen atoms in total. The molecule has 1 aliphatic rings. The van der Waals surface area contributed by atoms with Gasteiger partial charge in [-0.15, -0.1) is 5.54 Å². The highest BCUT2D eigenvalue weighted by Crippen LogP contribution is 2.48. The van der Waals surface area contributed by atoms with Crippen molar-refractivity contribution in [3.05, 3.63) is 9.47 Å². The third-order valence-electron chi connectivity index (χ3n) is 1.86. The summed E-state index contributed by atoms with van der Waals surface area (Å²) in [5, 5.41) is 0. The third kappa shape index (κ3) is 4.48. The molecule has 0 aromatic rings. The van der Waals surface area contributed by atoms with Crippen molar-refractivity contribution in [3.8, 4) is 11.5 Å². The van der Waals surface area contributed by atoms with E-state index in [1.165, 1.54) is 12.8 Å². The minimum atomic E-state index is -1.20. The Morgan fingerprint density at radius 3 is 2.15 bits per heavy atom. The highest BCUT2D eigenvalue weighted by Gasteiger charge is 2.39. The lowest BCUT2D eigenvalue weighted by molar-refractivity contribution is 0.900. The largest absolute Gasteiger partial charge is 0.131 e. The molecule has 0 aliphatic heterocycles. The van der Waals surface area contributed by atoms with E-state index in [1.54, 1.807) is 0 Å². The van der Waals surface area contributed by atoms with Gasteiger partial charge in [-0.05, 0) is 50.8 Å². The van der Waals surface area contributed by atoms with Crippen molar-refractivity contribution in [3.63, 3.8) is 0 Å². The molecule has 0 radical (unpaired) electrons. The molecule has 0 saturated heterocycles. The molecule has 0 unspecified atom stereocenters. The molecule has 0 aromatic heterocycles. The third-order valence-corrected chi connectivity index (χ3v) is 3.19. The van der Waals surface area contributed by atoms with Crippen LogP contribution in [0, 0.1) is 16.9 Å². The van der Waals surface area contributed by atoms with Crippen molar-refractivity contribution in [1.82, 2.24) is 0 Å². The Morgan fingerprint density at radius 2 is 1.85 bits per heavy atom. The van der Waals surface area contributed by atoms with Crippen molar-refractivity contribution in [2.24, 2.45) is 5.41 Å². The van der Waals surface area contributed by atoms with Gasteiger partial charge >= 0.3 is 0 Å². The Hall–Kier alpha value is 0.477. The fraction of sp³-hybridized carbons (Fsp3) is 0.600. The average Bonchev–Trinajstić information content (AvgIpc) is 2.63. The summed E-state index contributed by atoms with van der Waals surface area (Å²) in [4.78, 5) is 0. The zero-order valence-electron chi connectivity index (χ0n) is 8.25. The lowest BCUT2D eigenvalue weighted by Crippen LogP contribution is -2.17. The molecular weight excluding hydrogens is 308 g/mol. The molecule has 13 heavy (non-hydrogen) atoms. The first-order valence-corrected chi connectivity index (χ1v) is 9.50. The first-order valence-electron chi connectivity index (χ1n) is 4.41. The van der Waals surface area contributed by atoms with Crippen LogP contribution in [0.15, 0.2) is 9.47 Å². The summed E-state index contributed by atoms with van der Waals surface area (Å²) in [6.07, 6.45) is 4.61. The van der Waals surface area contributed by atoms with Gasteiger partial charge in [-0.3, -0.25) is 0 Å². The fourth-order valence-electron chi connectivity index (χ4n) is 0.961. The molecule has 1 saturated carbocycles. The van der Waals surface area contributed by atoms with E-state index >= 15 is 0 Å². The monoisotopic (exact) mass is 320 g/mol. The van der Waals surface area contributed by atoms with Crippen LogP contribution >= 0.6 is 31.9 Å². The Kier molecular flexibility index (Phi) is 3.48. The standard InChI is InChI=1S/C10H14Br2Si/c1-13(2,3)7-6-10(4-5-10)8-9(11)12/h8H,4-5H2,1-3H3. The number of hydrogen-bond donors (Lipinski definition) is 0. The molecule has 0 N–H and O–H groups in total. The van der Waals surface area contributed by atoms with E-state index in [4.69, 9.17) is 0 Å². The van der Waals surface area contributed by atoms with Crippen LogP contribution in [0.3, 0.4) is 0 Å². The number of rotatable bonds is 1. The Morgan fingerprint density at radius 1 is 1.31 bits per heavy atom. The van der Waals surface area contributed by atoms with Gasteiger partial charge < -0.3 is 0 Å². The molecule has 0 amide bonds. The minimum absolute atomic E-state index is 0.197. The van der Waals surface area contributed by atoms with E-state index in [0.717, 1.165) is 3.39 Å². The van der Waals surface area contributed by atoms with E-state index < -0.39 is 8.07 Å². The maximum atomic E-state index is 3.43. The molecular formula is C10H14Br2Si. The van der Waals surface area contributed by atoms with Crippen LogP contribution in [0.1, 0.15) is 12.8 Å². The fourth-order valence-corrected chi connectivity index (χ4v) is 2.46. The minimum Gasteiger partial charge on any atom is -0.131 e. The van der Waals surface area contributed by atoms with E-state index in [-0.39, 0.29) is 5.41 Å². The summed E-state index contributed by atoms with van der Waals surface area (Å²) in [5.74, 6) is 3.42. The SMILES string of the molecule is C[Si](C)(C)C#CC1(C=C(Br)Br)CC1. The molecule has 1 aliphatic carbocycles. The maximum Gasteiger partial charge on any atom is 0.129 e. The summed E-state index contributed by atoms with van der Waals surface area (Å²) in [7, 11) is -1.20. The van der Waals surface area contributed by atoms with E-state index in [2.05, 4.69) is 69.0 Å². The van der Waals surface area contributed by atoms with E-state index in [0.29, 0.717) is 0 Å². The lowest BCUT2D eigenvalue weighted by Gasteiger charge is -2.06. The number of hydrogen-bond acceptors (Lipinski definition) is 0. The van der Waals surface area contributed by atoms with Crippen LogP contribution in [-0.4, -0.2) is 8.07 Å². The molecule has 72 valence electrons. The summed E-state index contributed by atoms with van der Waals surface area (Å²) >= 11 is 6.78. The molecule has 1 rings (SSSR count). The predicted octanol–water partition coefficient (Wildman–Crippen LogP) is 4.28. The predicted molar refractivity (Wildman–Crippen MR) is 68.7 cm³/mol. The van der Waals surface area contributed by atoms with Crippen LogP contribution in [0.4, 0.5) is 0 Å². The Labute approximate surface area is 98.4 Å². The number of allylic oxidation sites excluding steroid dienone is 1.